The van der Waals surface area contributed by atoms with Crippen LogP contribution >= 0.6 is 0 Å². The van der Waals surface area contributed by atoms with Crippen LogP contribution in [0.5, 0.6) is 5.75 Å². The summed E-state index contributed by atoms with van der Waals surface area (Å²) in [5, 5.41) is 15.8. The molecule has 1 aromatic heterocycles. The van der Waals surface area contributed by atoms with Gasteiger partial charge in [0.15, 0.2) is 0 Å². The fourth-order valence-electron chi connectivity index (χ4n) is 4.00. The highest BCUT2D eigenvalue weighted by Crippen LogP contribution is 2.23. The van der Waals surface area contributed by atoms with Crippen molar-refractivity contribution in [2.45, 2.75) is 31.8 Å². The highest BCUT2D eigenvalue weighted by molar-refractivity contribution is 6.32. The summed E-state index contributed by atoms with van der Waals surface area (Å²) in [5.41, 5.74) is 1.96. The number of amides is 2. The molecule has 0 spiro atoms. The molecule has 4 rings (SSSR count). The molecule has 3 N–H and O–H groups in total. The van der Waals surface area contributed by atoms with Crippen molar-refractivity contribution in [3.05, 3.63) is 65.6 Å². The zero-order chi connectivity index (χ0) is 26.2. The van der Waals surface area contributed by atoms with Crippen LogP contribution < -0.4 is 16.1 Å². The Morgan fingerprint density at radius 3 is 2.72 bits per heavy atom. The smallest absolute Gasteiger partial charge is 0.270 e. The number of benzene rings is 2. The second-order valence-electron chi connectivity index (χ2n) is 8.60. The molecule has 186 valence electrons. The minimum Gasteiger partial charge on any atom is -0.508 e. The number of rotatable bonds is 6. The van der Waals surface area contributed by atoms with Crippen molar-refractivity contribution in [3.8, 4) is 5.75 Å². The lowest BCUT2D eigenvalue weighted by atomic mass is 9.92. The molecule has 0 aliphatic carbocycles. The number of halogens is 1. The lowest BCUT2D eigenvalue weighted by molar-refractivity contribution is -0.125. The topological polar surface area (TPSA) is 112 Å². The van der Waals surface area contributed by atoms with Gasteiger partial charge in [0.25, 0.3) is 5.91 Å². The van der Waals surface area contributed by atoms with Gasteiger partial charge in [0.05, 0.1) is 24.1 Å². The van der Waals surface area contributed by atoms with Gasteiger partial charge in [-0.25, -0.2) is 9.37 Å². The number of phenols is 1. The van der Waals surface area contributed by atoms with Gasteiger partial charge in [-0.3, -0.25) is 14.5 Å². The van der Waals surface area contributed by atoms with Crippen molar-refractivity contribution in [2.24, 2.45) is 0 Å². The first-order chi connectivity index (χ1) is 17.2. The predicted octanol–water partition coefficient (Wildman–Crippen LogP) is 1.76. The van der Waals surface area contributed by atoms with Crippen molar-refractivity contribution in [3.63, 3.8) is 0 Å². The van der Waals surface area contributed by atoms with Crippen LogP contribution in [0, 0.1) is 5.82 Å². The molecule has 36 heavy (non-hydrogen) atoms. The van der Waals surface area contributed by atoms with Gasteiger partial charge in [0.1, 0.15) is 31.4 Å². The number of hydrogen-bond acceptors (Lipinski definition) is 6. The molecule has 0 saturated carbocycles. The van der Waals surface area contributed by atoms with Crippen LogP contribution in [-0.4, -0.2) is 67.1 Å². The van der Waals surface area contributed by atoms with Gasteiger partial charge in [-0.05, 0) is 63.7 Å². The second kappa shape index (κ2) is 12.3. The fraction of sp³-hybridized carbons (Fsp3) is 0.308. The Kier molecular flexibility index (Phi) is 9.13. The Balaban J connectivity index is 0.000000202. The summed E-state index contributed by atoms with van der Waals surface area (Å²) >= 11 is 0. The molecule has 2 radical (unpaired) electrons. The number of aromatic hydroxyl groups is 1. The minimum absolute atomic E-state index is 0.00863. The summed E-state index contributed by atoms with van der Waals surface area (Å²) in [6.45, 7) is 2.75. The average Bonchev–Trinajstić information content (AvgIpc) is 3.30. The standard InChI is InChI=1S/C14H19BN2O2.C12H9FN2O2/c1-9(11-8-10(15)5-6-13(11)18)16-14(19)12-4-3-7-17(12)2;13-9-2-4-10-8(7-9)1-3-11(15-10)12(17)14-5-6-16/h5-6,8-9,12,18H,3-4,7H2,1-2H3,(H,16,19);1-4,6-7H,5H2,(H,14,17)/t9-,12?;/m0./s1. The van der Waals surface area contributed by atoms with E-state index in [1.165, 1.54) is 24.3 Å². The number of aromatic nitrogens is 1. The van der Waals surface area contributed by atoms with Crippen LogP contribution in [0.4, 0.5) is 4.39 Å². The van der Waals surface area contributed by atoms with E-state index in [0.29, 0.717) is 28.2 Å². The number of likely N-dealkylation sites (N-methyl/N-ethyl adjacent to an activating group) is 1. The van der Waals surface area contributed by atoms with Gasteiger partial charge in [0.2, 0.25) is 5.91 Å². The van der Waals surface area contributed by atoms with Crippen LogP contribution in [0.1, 0.15) is 41.9 Å². The van der Waals surface area contributed by atoms with E-state index in [4.69, 9.17) is 7.85 Å². The minimum atomic E-state index is -0.427. The van der Waals surface area contributed by atoms with Gasteiger partial charge < -0.3 is 20.5 Å². The molecule has 10 heteroatoms. The summed E-state index contributed by atoms with van der Waals surface area (Å²) in [6, 6.07) is 11.8. The maximum atomic E-state index is 12.9. The number of likely N-dealkylation sites (tertiary alicyclic amines) is 1. The van der Waals surface area contributed by atoms with Crippen LogP contribution in [0.3, 0.4) is 0 Å². The van der Waals surface area contributed by atoms with E-state index in [1.807, 2.05) is 14.0 Å². The zero-order valence-electron chi connectivity index (χ0n) is 20.2. The summed E-state index contributed by atoms with van der Waals surface area (Å²) < 4.78 is 12.9. The van der Waals surface area contributed by atoms with Gasteiger partial charge >= 0.3 is 0 Å². The molecule has 0 bridgehead atoms. The SMILES string of the molecule is O=CCNC(=O)c1ccc2cc(F)ccc2n1.[B]c1ccc(O)c([C@H](C)NC(=O)C2CCCN2C)c1. The quantitative estimate of drug-likeness (QED) is 0.359. The maximum Gasteiger partial charge on any atom is 0.270 e. The van der Waals surface area contributed by atoms with Crippen LogP contribution in [-0.2, 0) is 9.59 Å². The maximum absolute atomic E-state index is 12.9. The first-order valence-electron chi connectivity index (χ1n) is 11.6. The lowest BCUT2D eigenvalue weighted by Gasteiger charge is -2.22. The summed E-state index contributed by atoms with van der Waals surface area (Å²) in [5.74, 6) is -0.614. The fourth-order valence-corrected chi connectivity index (χ4v) is 4.00. The zero-order valence-corrected chi connectivity index (χ0v) is 20.2. The molecular formula is C26H28BFN4O4. The highest BCUT2D eigenvalue weighted by atomic mass is 19.1. The third kappa shape index (κ3) is 6.88. The number of pyridine rings is 1. The molecule has 1 aliphatic rings. The number of nitrogens with one attached hydrogen (secondary N) is 2. The predicted molar refractivity (Wildman–Crippen MR) is 136 cm³/mol. The largest absolute Gasteiger partial charge is 0.508 e. The summed E-state index contributed by atoms with van der Waals surface area (Å²) in [6.07, 6.45) is 2.53. The van der Waals surface area contributed by atoms with Gasteiger partial charge in [-0.1, -0.05) is 23.7 Å². The van der Waals surface area contributed by atoms with Crippen LogP contribution in [0.2, 0.25) is 0 Å². The molecule has 3 aromatic rings. The lowest BCUT2D eigenvalue weighted by Crippen LogP contribution is -2.42. The van der Waals surface area contributed by atoms with Crippen molar-refractivity contribution < 1.29 is 23.9 Å². The first-order valence-corrected chi connectivity index (χ1v) is 11.6. The molecule has 2 atom stereocenters. The normalized spacial score (nSPS) is 16.0. The van der Waals surface area contributed by atoms with Crippen molar-refractivity contribution in [1.82, 2.24) is 20.5 Å². The van der Waals surface area contributed by atoms with Gasteiger partial charge in [-0.2, -0.15) is 0 Å². The molecule has 2 amide bonds. The van der Waals surface area contributed by atoms with Crippen molar-refractivity contribution in [1.29, 1.82) is 0 Å². The average molecular weight is 490 g/mol. The van der Waals surface area contributed by atoms with Crippen molar-refractivity contribution in [2.75, 3.05) is 20.1 Å². The van der Waals surface area contributed by atoms with E-state index in [-0.39, 0.29) is 41.8 Å². The molecule has 2 aromatic carbocycles. The van der Waals surface area contributed by atoms with E-state index in [0.717, 1.165) is 19.4 Å². The number of carbonyl (C=O) groups excluding carboxylic acids is 3. The molecule has 8 nitrogen and oxygen atoms in total. The van der Waals surface area contributed by atoms with E-state index in [2.05, 4.69) is 20.5 Å². The van der Waals surface area contributed by atoms with Gasteiger partial charge in [0, 0.05) is 10.9 Å². The van der Waals surface area contributed by atoms with E-state index in [1.54, 1.807) is 24.3 Å². The highest BCUT2D eigenvalue weighted by Gasteiger charge is 2.28. The Bertz CT molecular complexity index is 1260. The Hall–Kier alpha value is -3.79. The van der Waals surface area contributed by atoms with Crippen LogP contribution in [0.25, 0.3) is 10.9 Å². The number of nitrogens with zero attached hydrogens (tertiary/aromatic N) is 2. The third-order valence-corrected chi connectivity index (χ3v) is 5.93. The number of aldehydes is 1. The Morgan fingerprint density at radius 1 is 1.25 bits per heavy atom. The van der Waals surface area contributed by atoms with E-state index in [9.17, 15) is 23.9 Å². The monoisotopic (exact) mass is 490 g/mol. The van der Waals surface area contributed by atoms with Crippen LogP contribution in [0.15, 0.2) is 48.5 Å². The Labute approximate surface area is 210 Å². The summed E-state index contributed by atoms with van der Waals surface area (Å²) in [7, 11) is 7.67. The summed E-state index contributed by atoms with van der Waals surface area (Å²) in [4.78, 5) is 39.9. The number of carbonyl (C=O) groups is 3. The molecule has 1 aliphatic heterocycles. The number of phenolic OH excluding ortho intramolecular Hbond substituents is 1. The van der Waals surface area contributed by atoms with E-state index >= 15 is 0 Å². The first kappa shape index (κ1) is 26.8. The van der Waals surface area contributed by atoms with Gasteiger partial charge in [-0.15, -0.1) is 0 Å². The second-order valence-corrected chi connectivity index (χ2v) is 8.60. The molecular weight excluding hydrogens is 462 g/mol. The Morgan fingerprint density at radius 2 is 2.03 bits per heavy atom. The molecule has 1 unspecified atom stereocenters. The molecule has 1 saturated heterocycles. The molecule has 1 fully saturated rings. The number of fused-ring (bicyclic) bond motifs is 1. The van der Waals surface area contributed by atoms with Crippen molar-refractivity contribution >= 4 is 42.3 Å². The third-order valence-electron chi connectivity index (χ3n) is 5.93. The molecule has 2 heterocycles. The number of hydrogen-bond donors (Lipinski definition) is 3. The van der Waals surface area contributed by atoms with E-state index < -0.39 is 5.91 Å².